The van der Waals surface area contributed by atoms with Crippen molar-refractivity contribution in [3.63, 3.8) is 0 Å². The molecule has 4 rings (SSSR count). The molecule has 1 saturated heterocycles. The third-order valence-corrected chi connectivity index (χ3v) is 5.30. The summed E-state index contributed by atoms with van der Waals surface area (Å²) < 4.78 is 54.1. The van der Waals surface area contributed by atoms with Crippen molar-refractivity contribution in [1.29, 1.82) is 0 Å². The van der Waals surface area contributed by atoms with Crippen molar-refractivity contribution in [3.8, 4) is 11.1 Å². The van der Waals surface area contributed by atoms with Crippen LogP contribution in [-0.4, -0.2) is 11.4 Å². The largest absolute Gasteiger partial charge is 0.328 e. The Labute approximate surface area is 131 Å². The zero-order chi connectivity index (χ0) is 16.5. The summed E-state index contributed by atoms with van der Waals surface area (Å²) in [4.78, 5) is 12.4. The molecule has 3 nitrogen and oxygen atoms in total. The SMILES string of the molecule is [N]C1NC(=O)C2(S1)c1cc(F)cc(F)c1-c1c(F)cc(F)cc12. The number of hydrogen-bond donors (Lipinski definition) is 1. The molecule has 116 valence electrons. The molecule has 0 aromatic heterocycles. The number of amides is 1. The van der Waals surface area contributed by atoms with E-state index >= 15 is 0 Å². The maximum atomic E-state index is 14.3. The second-order valence-electron chi connectivity index (χ2n) is 5.25. The quantitative estimate of drug-likeness (QED) is 0.751. The molecule has 8 heteroatoms. The summed E-state index contributed by atoms with van der Waals surface area (Å²) in [6, 6.07) is 2.94. The Morgan fingerprint density at radius 3 is 1.83 bits per heavy atom. The predicted molar refractivity (Wildman–Crippen MR) is 74.1 cm³/mol. The standard InChI is InChI=1S/C15H6F4N2OS/c16-5-1-7-11(9(18)3-5)12-8(2-6(17)4-10(12)19)15(7)13(22)21-14(20)23-15/h1-4,14H,(H,21,22). The van der Waals surface area contributed by atoms with Crippen molar-refractivity contribution in [2.24, 2.45) is 0 Å². The summed E-state index contributed by atoms with van der Waals surface area (Å²) in [6.07, 6.45) is 0. The molecule has 1 atom stereocenters. The maximum Gasteiger partial charge on any atom is 0.247 e. The van der Waals surface area contributed by atoms with Gasteiger partial charge in [0.05, 0.1) is 0 Å². The van der Waals surface area contributed by atoms with Gasteiger partial charge in [-0.15, -0.1) is 5.73 Å². The van der Waals surface area contributed by atoms with Gasteiger partial charge in [-0.05, 0) is 23.3 Å². The molecule has 1 unspecified atom stereocenters. The minimum atomic E-state index is -1.80. The average Bonchev–Trinajstić information content (AvgIpc) is 2.88. The van der Waals surface area contributed by atoms with Crippen molar-refractivity contribution >= 4 is 17.7 Å². The minimum Gasteiger partial charge on any atom is -0.328 e. The second-order valence-corrected chi connectivity index (χ2v) is 6.54. The van der Waals surface area contributed by atoms with E-state index < -0.39 is 39.4 Å². The fraction of sp³-hybridized carbons (Fsp3) is 0.133. The zero-order valence-corrected chi connectivity index (χ0v) is 12.0. The van der Waals surface area contributed by atoms with Gasteiger partial charge in [-0.1, -0.05) is 11.8 Å². The number of carbonyl (C=O) groups is 1. The fourth-order valence-corrected chi connectivity index (χ4v) is 4.43. The number of halogens is 4. The lowest BCUT2D eigenvalue weighted by atomic mass is 9.94. The molecule has 1 aliphatic heterocycles. The van der Waals surface area contributed by atoms with Crippen LogP contribution in [-0.2, 0) is 9.54 Å². The fourth-order valence-electron chi connectivity index (χ4n) is 3.19. The summed E-state index contributed by atoms with van der Waals surface area (Å²) in [5.41, 5.74) is 7.47. The van der Waals surface area contributed by atoms with Gasteiger partial charge in [0, 0.05) is 23.3 Å². The molecule has 1 amide bonds. The molecular formula is C15H6F4N2OS. The normalized spacial score (nSPS) is 20.6. The van der Waals surface area contributed by atoms with Crippen LogP contribution >= 0.6 is 11.8 Å². The average molecular weight is 338 g/mol. The van der Waals surface area contributed by atoms with Gasteiger partial charge in [-0.3, -0.25) is 4.79 Å². The topological polar surface area (TPSA) is 51.4 Å². The molecular weight excluding hydrogens is 332 g/mol. The Hall–Kier alpha value is -2.06. The van der Waals surface area contributed by atoms with Crippen LogP contribution in [0.3, 0.4) is 0 Å². The van der Waals surface area contributed by atoms with E-state index in [-0.39, 0.29) is 22.3 Å². The van der Waals surface area contributed by atoms with Crippen molar-refractivity contribution in [2.75, 3.05) is 0 Å². The van der Waals surface area contributed by atoms with Crippen LogP contribution in [0, 0.1) is 23.3 Å². The number of nitrogens with one attached hydrogen (secondary N) is 1. The first-order valence-electron chi connectivity index (χ1n) is 6.51. The van der Waals surface area contributed by atoms with Crippen LogP contribution in [0.5, 0.6) is 0 Å². The lowest BCUT2D eigenvalue weighted by molar-refractivity contribution is -0.121. The highest BCUT2D eigenvalue weighted by Gasteiger charge is 2.57. The van der Waals surface area contributed by atoms with Gasteiger partial charge in [-0.2, -0.15) is 0 Å². The van der Waals surface area contributed by atoms with E-state index in [1.54, 1.807) is 0 Å². The highest BCUT2D eigenvalue weighted by molar-refractivity contribution is 8.02. The molecule has 0 bridgehead atoms. The molecule has 1 heterocycles. The van der Waals surface area contributed by atoms with Gasteiger partial charge in [0.15, 0.2) is 5.50 Å². The number of fused-ring (bicyclic) bond motifs is 5. The van der Waals surface area contributed by atoms with Gasteiger partial charge in [0.25, 0.3) is 0 Å². The lowest BCUT2D eigenvalue weighted by Gasteiger charge is -2.22. The highest BCUT2D eigenvalue weighted by Crippen LogP contribution is 2.59. The highest BCUT2D eigenvalue weighted by atomic mass is 32.2. The van der Waals surface area contributed by atoms with E-state index in [0.29, 0.717) is 23.9 Å². The van der Waals surface area contributed by atoms with Crippen molar-refractivity contribution in [3.05, 3.63) is 58.7 Å². The van der Waals surface area contributed by atoms with Gasteiger partial charge >= 0.3 is 0 Å². The molecule has 1 spiro atoms. The number of nitrogens with zero attached hydrogens (tertiary/aromatic N) is 1. The Kier molecular flexibility index (Phi) is 2.83. The van der Waals surface area contributed by atoms with Crippen LogP contribution in [0.25, 0.3) is 11.1 Å². The minimum absolute atomic E-state index is 0.145. The maximum absolute atomic E-state index is 14.3. The van der Waals surface area contributed by atoms with Crippen molar-refractivity contribution in [2.45, 2.75) is 10.2 Å². The first-order valence-corrected chi connectivity index (χ1v) is 7.39. The van der Waals surface area contributed by atoms with Crippen LogP contribution in [0.2, 0.25) is 0 Å². The van der Waals surface area contributed by atoms with Gasteiger partial charge in [0.2, 0.25) is 5.91 Å². The second kappa shape index (κ2) is 4.48. The summed E-state index contributed by atoms with van der Waals surface area (Å²) >= 11 is 0.632. The molecule has 2 aliphatic rings. The molecule has 1 N–H and O–H groups in total. The Morgan fingerprint density at radius 1 is 0.957 bits per heavy atom. The van der Waals surface area contributed by atoms with E-state index in [4.69, 9.17) is 0 Å². The molecule has 2 aromatic rings. The van der Waals surface area contributed by atoms with Crippen molar-refractivity contribution < 1.29 is 22.4 Å². The number of carbonyl (C=O) groups excluding carboxylic acids is 1. The van der Waals surface area contributed by atoms with Crippen LogP contribution in [0.4, 0.5) is 17.6 Å². The van der Waals surface area contributed by atoms with Gasteiger partial charge in [-0.25, -0.2) is 17.6 Å². The number of rotatable bonds is 0. The molecule has 1 fully saturated rings. The third kappa shape index (κ3) is 1.73. The summed E-state index contributed by atoms with van der Waals surface area (Å²) in [7, 11) is 0. The van der Waals surface area contributed by atoms with E-state index in [9.17, 15) is 28.1 Å². The zero-order valence-electron chi connectivity index (χ0n) is 11.2. The van der Waals surface area contributed by atoms with Crippen LogP contribution in [0.15, 0.2) is 24.3 Å². The Balaban J connectivity index is 2.18. The van der Waals surface area contributed by atoms with E-state index in [1.165, 1.54) is 0 Å². The molecule has 2 radical (unpaired) electrons. The lowest BCUT2D eigenvalue weighted by Crippen LogP contribution is -2.35. The smallest absolute Gasteiger partial charge is 0.247 e. The van der Waals surface area contributed by atoms with Gasteiger partial charge < -0.3 is 5.32 Å². The summed E-state index contributed by atoms with van der Waals surface area (Å²) in [5, 5.41) is 2.20. The van der Waals surface area contributed by atoms with E-state index in [1.807, 2.05) is 0 Å². The summed E-state index contributed by atoms with van der Waals surface area (Å²) in [6.45, 7) is 0. The summed E-state index contributed by atoms with van der Waals surface area (Å²) in [5.74, 6) is -4.81. The molecule has 1 aliphatic carbocycles. The van der Waals surface area contributed by atoms with Crippen LogP contribution < -0.4 is 11.1 Å². The molecule has 23 heavy (non-hydrogen) atoms. The number of thioether (sulfide) groups is 1. The number of benzene rings is 2. The first kappa shape index (κ1) is 14.5. The van der Waals surface area contributed by atoms with Crippen LogP contribution in [0.1, 0.15) is 11.1 Å². The Morgan fingerprint density at radius 2 is 1.43 bits per heavy atom. The van der Waals surface area contributed by atoms with E-state index in [2.05, 4.69) is 5.32 Å². The Bertz CT molecular complexity index is 829. The van der Waals surface area contributed by atoms with Crippen molar-refractivity contribution in [1.82, 2.24) is 11.1 Å². The molecule has 0 saturated carbocycles. The van der Waals surface area contributed by atoms with E-state index in [0.717, 1.165) is 12.1 Å². The predicted octanol–water partition coefficient (Wildman–Crippen LogP) is 2.68. The van der Waals surface area contributed by atoms with Gasteiger partial charge in [0.1, 0.15) is 28.0 Å². The number of hydrogen-bond acceptors (Lipinski definition) is 2. The molecule has 2 aromatic carbocycles. The monoisotopic (exact) mass is 338 g/mol. The first-order chi connectivity index (χ1) is 10.8. The third-order valence-electron chi connectivity index (χ3n) is 3.98.